The van der Waals surface area contributed by atoms with Crippen molar-refractivity contribution in [3.05, 3.63) is 66.3 Å². The molecule has 1 heteroatoms. The normalized spacial score (nSPS) is 14.9. The second kappa shape index (κ2) is 4.38. The van der Waals surface area contributed by atoms with Crippen molar-refractivity contribution in [2.75, 3.05) is 0 Å². The molecule has 0 saturated carbocycles. The SMILES string of the molecule is Cc1cccc2c3ccccc3n(C3=CCCC=C3)c12. The Kier molecular flexibility index (Phi) is 2.53. The van der Waals surface area contributed by atoms with Crippen LogP contribution in [0.4, 0.5) is 0 Å². The third-order valence-corrected chi connectivity index (χ3v) is 4.13. The third kappa shape index (κ3) is 1.56. The van der Waals surface area contributed by atoms with Crippen molar-refractivity contribution in [2.24, 2.45) is 0 Å². The molecule has 0 N–H and O–H groups in total. The Hall–Kier alpha value is -2.28. The fourth-order valence-electron chi connectivity index (χ4n) is 3.22. The molecule has 1 aliphatic rings. The van der Waals surface area contributed by atoms with E-state index >= 15 is 0 Å². The molecule has 0 bridgehead atoms. The molecule has 1 aromatic heterocycles. The minimum absolute atomic E-state index is 1.13. The zero-order valence-electron chi connectivity index (χ0n) is 11.6. The maximum atomic E-state index is 2.41. The van der Waals surface area contributed by atoms with Crippen molar-refractivity contribution in [1.29, 1.82) is 0 Å². The average molecular weight is 259 g/mol. The van der Waals surface area contributed by atoms with E-state index in [1.165, 1.54) is 33.1 Å². The first kappa shape index (κ1) is 11.5. The van der Waals surface area contributed by atoms with Crippen LogP contribution in [0.5, 0.6) is 0 Å². The Morgan fingerprint density at radius 3 is 2.60 bits per heavy atom. The predicted molar refractivity (Wildman–Crippen MR) is 86.8 cm³/mol. The second-order valence-corrected chi connectivity index (χ2v) is 5.43. The van der Waals surface area contributed by atoms with E-state index in [-0.39, 0.29) is 0 Å². The summed E-state index contributed by atoms with van der Waals surface area (Å²) in [5.41, 5.74) is 5.27. The Morgan fingerprint density at radius 1 is 0.900 bits per heavy atom. The van der Waals surface area contributed by atoms with Crippen LogP contribution in [0.1, 0.15) is 18.4 Å². The lowest BCUT2D eigenvalue weighted by Crippen LogP contribution is -1.98. The number of para-hydroxylation sites is 2. The molecule has 0 unspecified atom stereocenters. The van der Waals surface area contributed by atoms with Gasteiger partial charge in [-0.25, -0.2) is 0 Å². The Balaban J connectivity index is 2.21. The predicted octanol–water partition coefficient (Wildman–Crippen LogP) is 5.29. The maximum absolute atomic E-state index is 2.41. The summed E-state index contributed by atoms with van der Waals surface area (Å²) in [6, 6.07) is 15.3. The highest BCUT2D eigenvalue weighted by Gasteiger charge is 2.14. The van der Waals surface area contributed by atoms with E-state index in [1.807, 2.05) is 0 Å². The van der Waals surface area contributed by atoms with Gasteiger partial charge in [0.15, 0.2) is 0 Å². The lowest BCUT2D eigenvalue weighted by atomic mass is 10.1. The molecule has 4 rings (SSSR count). The molecular formula is C19H17N. The fourth-order valence-corrected chi connectivity index (χ4v) is 3.22. The van der Waals surface area contributed by atoms with Crippen molar-refractivity contribution in [1.82, 2.24) is 4.57 Å². The number of fused-ring (bicyclic) bond motifs is 3. The van der Waals surface area contributed by atoms with Crippen molar-refractivity contribution >= 4 is 27.5 Å². The van der Waals surface area contributed by atoms with Crippen LogP contribution in [0.15, 0.2) is 60.7 Å². The number of hydrogen-bond donors (Lipinski definition) is 0. The van der Waals surface area contributed by atoms with E-state index in [1.54, 1.807) is 0 Å². The number of aromatic nitrogens is 1. The zero-order valence-corrected chi connectivity index (χ0v) is 11.6. The number of allylic oxidation sites excluding steroid dienone is 4. The molecule has 3 aromatic rings. The van der Waals surface area contributed by atoms with Gasteiger partial charge in [-0.05, 0) is 37.5 Å². The van der Waals surface area contributed by atoms with Crippen LogP contribution in [0.2, 0.25) is 0 Å². The van der Waals surface area contributed by atoms with Gasteiger partial charge in [-0.1, -0.05) is 48.6 Å². The first-order chi connectivity index (χ1) is 9.86. The minimum atomic E-state index is 1.13. The molecule has 0 spiro atoms. The number of rotatable bonds is 1. The lowest BCUT2D eigenvalue weighted by molar-refractivity contribution is 1.02. The van der Waals surface area contributed by atoms with Crippen LogP contribution in [0, 0.1) is 6.92 Å². The van der Waals surface area contributed by atoms with Gasteiger partial charge in [-0.15, -0.1) is 0 Å². The summed E-state index contributed by atoms with van der Waals surface area (Å²) in [6.07, 6.45) is 9.15. The van der Waals surface area contributed by atoms with E-state index in [0.717, 1.165) is 12.8 Å². The quantitative estimate of drug-likeness (QED) is 0.559. The van der Waals surface area contributed by atoms with E-state index in [2.05, 4.69) is 72.2 Å². The van der Waals surface area contributed by atoms with Gasteiger partial charge in [0.05, 0.1) is 11.0 Å². The topological polar surface area (TPSA) is 4.93 Å². The molecule has 0 saturated heterocycles. The highest BCUT2D eigenvalue weighted by molar-refractivity contribution is 6.11. The monoisotopic (exact) mass is 259 g/mol. The van der Waals surface area contributed by atoms with Gasteiger partial charge in [0.25, 0.3) is 0 Å². The fraction of sp³-hybridized carbons (Fsp3) is 0.158. The molecule has 20 heavy (non-hydrogen) atoms. The molecule has 1 aliphatic carbocycles. The Morgan fingerprint density at radius 2 is 1.75 bits per heavy atom. The molecule has 0 amide bonds. The molecular weight excluding hydrogens is 242 g/mol. The van der Waals surface area contributed by atoms with Crippen molar-refractivity contribution in [2.45, 2.75) is 19.8 Å². The maximum Gasteiger partial charge on any atom is 0.0570 e. The Bertz CT molecular complexity index is 862. The van der Waals surface area contributed by atoms with Crippen LogP contribution in [-0.2, 0) is 0 Å². The summed E-state index contributed by atoms with van der Waals surface area (Å²) in [7, 11) is 0. The lowest BCUT2D eigenvalue weighted by Gasteiger charge is -2.13. The van der Waals surface area contributed by atoms with Crippen LogP contribution in [0.25, 0.3) is 27.5 Å². The molecule has 0 atom stereocenters. The zero-order chi connectivity index (χ0) is 13.5. The summed E-state index contributed by atoms with van der Waals surface area (Å²) in [6.45, 7) is 2.20. The van der Waals surface area contributed by atoms with Gasteiger partial charge in [-0.3, -0.25) is 0 Å². The van der Waals surface area contributed by atoms with Gasteiger partial charge >= 0.3 is 0 Å². The summed E-state index contributed by atoms with van der Waals surface area (Å²) < 4.78 is 2.41. The molecule has 2 aromatic carbocycles. The molecule has 1 heterocycles. The molecule has 98 valence electrons. The largest absolute Gasteiger partial charge is 0.309 e. The van der Waals surface area contributed by atoms with Gasteiger partial charge in [0, 0.05) is 16.5 Å². The van der Waals surface area contributed by atoms with Gasteiger partial charge in [0.1, 0.15) is 0 Å². The first-order valence-corrected chi connectivity index (χ1v) is 7.22. The van der Waals surface area contributed by atoms with E-state index < -0.39 is 0 Å². The smallest absolute Gasteiger partial charge is 0.0570 e. The number of nitrogens with zero attached hydrogens (tertiary/aromatic N) is 1. The van der Waals surface area contributed by atoms with Crippen molar-refractivity contribution in [3.63, 3.8) is 0 Å². The molecule has 0 radical (unpaired) electrons. The summed E-state index contributed by atoms with van der Waals surface area (Å²) in [4.78, 5) is 0. The standard InChI is InChI=1S/C19H17N/c1-14-8-7-12-17-16-11-5-6-13-18(16)20(19(14)17)15-9-3-2-4-10-15/h3,5-13H,2,4H2,1H3. The van der Waals surface area contributed by atoms with E-state index in [0.29, 0.717) is 0 Å². The first-order valence-electron chi connectivity index (χ1n) is 7.22. The summed E-state index contributed by atoms with van der Waals surface area (Å²) in [5, 5.41) is 2.69. The number of benzene rings is 2. The van der Waals surface area contributed by atoms with Crippen molar-refractivity contribution in [3.8, 4) is 0 Å². The van der Waals surface area contributed by atoms with Crippen LogP contribution < -0.4 is 0 Å². The van der Waals surface area contributed by atoms with E-state index in [4.69, 9.17) is 0 Å². The summed E-state index contributed by atoms with van der Waals surface area (Å²) >= 11 is 0. The Labute approximate surface area is 118 Å². The number of hydrogen-bond acceptors (Lipinski definition) is 0. The van der Waals surface area contributed by atoms with Crippen LogP contribution in [0.3, 0.4) is 0 Å². The van der Waals surface area contributed by atoms with Crippen molar-refractivity contribution < 1.29 is 0 Å². The minimum Gasteiger partial charge on any atom is -0.309 e. The molecule has 1 nitrogen and oxygen atoms in total. The average Bonchev–Trinajstić information content (AvgIpc) is 2.84. The van der Waals surface area contributed by atoms with E-state index in [9.17, 15) is 0 Å². The van der Waals surface area contributed by atoms with Gasteiger partial charge < -0.3 is 4.57 Å². The second-order valence-electron chi connectivity index (χ2n) is 5.43. The van der Waals surface area contributed by atoms with Gasteiger partial charge in [0.2, 0.25) is 0 Å². The van der Waals surface area contributed by atoms with Crippen LogP contribution in [-0.4, -0.2) is 4.57 Å². The van der Waals surface area contributed by atoms with Gasteiger partial charge in [-0.2, -0.15) is 0 Å². The summed E-state index contributed by atoms with van der Waals surface area (Å²) in [5.74, 6) is 0. The number of aryl methyl sites for hydroxylation is 1. The molecule has 0 aliphatic heterocycles. The third-order valence-electron chi connectivity index (χ3n) is 4.13. The molecule has 0 fully saturated rings. The highest BCUT2D eigenvalue weighted by atomic mass is 15.0. The highest BCUT2D eigenvalue weighted by Crippen LogP contribution is 2.34. The van der Waals surface area contributed by atoms with Crippen LogP contribution >= 0.6 is 0 Å².